The summed E-state index contributed by atoms with van der Waals surface area (Å²) >= 11 is 0. The molecule has 0 radical (unpaired) electrons. The molecule has 2 unspecified atom stereocenters. The van der Waals surface area contributed by atoms with Crippen molar-refractivity contribution in [3.63, 3.8) is 0 Å². The summed E-state index contributed by atoms with van der Waals surface area (Å²) in [4.78, 5) is 13.6. The van der Waals surface area contributed by atoms with E-state index in [9.17, 15) is 9.90 Å². The Labute approximate surface area is 112 Å². The molecule has 1 saturated heterocycles. The standard InChI is InChI=1S/C14H19NO4/c1-14(2)15(9-16)11(13(17)18-3)12(19-14)10-7-5-4-6-8-10/h4-8,11-12,16H,9H2,1-3H3. The van der Waals surface area contributed by atoms with Crippen LogP contribution < -0.4 is 0 Å². The topological polar surface area (TPSA) is 59.0 Å². The van der Waals surface area contributed by atoms with Crippen molar-refractivity contribution in [2.24, 2.45) is 0 Å². The van der Waals surface area contributed by atoms with Gasteiger partial charge >= 0.3 is 5.97 Å². The number of benzene rings is 1. The number of aliphatic hydroxyl groups is 1. The minimum Gasteiger partial charge on any atom is -0.468 e. The summed E-state index contributed by atoms with van der Waals surface area (Å²) in [5, 5.41) is 9.52. The Morgan fingerprint density at radius 2 is 2.05 bits per heavy atom. The van der Waals surface area contributed by atoms with Crippen LogP contribution in [0.1, 0.15) is 25.5 Å². The molecule has 5 heteroatoms. The van der Waals surface area contributed by atoms with E-state index in [0.29, 0.717) is 0 Å². The number of esters is 1. The van der Waals surface area contributed by atoms with Gasteiger partial charge < -0.3 is 14.6 Å². The Hall–Kier alpha value is -1.43. The number of carbonyl (C=O) groups excluding carboxylic acids is 1. The van der Waals surface area contributed by atoms with Gasteiger partial charge in [0.05, 0.1) is 13.8 Å². The van der Waals surface area contributed by atoms with E-state index in [4.69, 9.17) is 9.47 Å². The van der Waals surface area contributed by atoms with Crippen LogP contribution in [0.2, 0.25) is 0 Å². The average Bonchev–Trinajstić information content (AvgIpc) is 2.69. The summed E-state index contributed by atoms with van der Waals surface area (Å²) in [7, 11) is 1.34. The van der Waals surface area contributed by atoms with Gasteiger partial charge in [0.2, 0.25) is 0 Å². The van der Waals surface area contributed by atoms with E-state index in [-0.39, 0.29) is 6.73 Å². The Bertz CT molecular complexity index is 446. The number of hydrogen-bond donors (Lipinski definition) is 1. The van der Waals surface area contributed by atoms with Crippen LogP contribution in [0.5, 0.6) is 0 Å². The van der Waals surface area contributed by atoms with Gasteiger partial charge in [0.1, 0.15) is 17.9 Å². The monoisotopic (exact) mass is 265 g/mol. The van der Waals surface area contributed by atoms with Crippen LogP contribution in [0.4, 0.5) is 0 Å². The van der Waals surface area contributed by atoms with Gasteiger partial charge in [-0.1, -0.05) is 30.3 Å². The minimum absolute atomic E-state index is 0.268. The lowest BCUT2D eigenvalue weighted by molar-refractivity contribution is -0.150. The average molecular weight is 265 g/mol. The summed E-state index contributed by atoms with van der Waals surface area (Å²) in [6, 6.07) is 8.84. The number of nitrogens with zero attached hydrogens (tertiary/aromatic N) is 1. The molecule has 1 aliphatic rings. The molecule has 2 rings (SSSR count). The van der Waals surface area contributed by atoms with Crippen molar-refractivity contribution >= 4 is 5.97 Å². The smallest absolute Gasteiger partial charge is 0.326 e. The largest absolute Gasteiger partial charge is 0.468 e. The lowest BCUT2D eigenvalue weighted by atomic mass is 10.0. The van der Waals surface area contributed by atoms with Gasteiger partial charge in [0, 0.05) is 0 Å². The molecule has 1 heterocycles. The quantitative estimate of drug-likeness (QED) is 0.834. The van der Waals surface area contributed by atoms with Crippen molar-refractivity contribution < 1.29 is 19.4 Å². The zero-order valence-electron chi connectivity index (χ0n) is 11.4. The second-order valence-corrected chi connectivity index (χ2v) is 4.98. The lowest BCUT2D eigenvalue weighted by Crippen LogP contribution is -2.48. The van der Waals surface area contributed by atoms with Crippen LogP contribution in [0.3, 0.4) is 0 Å². The molecule has 0 aliphatic carbocycles. The fraction of sp³-hybridized carbons (Fsp3) is 0.500. The Morgan fingerprint density at radius 3 is 2.58 bits per heavy atom. The molecule has 0 saturated carbocycles. The van der Waals surface area contributed by atoms with E-state index in [1.807, 2.05) is 44.2 Å². The van der Waals surface area contributed by atoms with Gasteiger partial charge in [0.25, 0.3) is 0 Å². The fourth-order valence-electron chi connectivity index (χ4n) is 2.46. The number of hydrogen-bond acceptors (Lipinski definition) is 5. The Kier molecular flexibility index (Phi) is 3.89. The van der Waals surface area contributed by atoms with E-state index < -0.39 is 23.8 Å². The molecular weight excluding hydrogens is 246 g/mol. The van der Waals surface area contributed by atoms with Crippen LogP contribution >= 0.6 is 0 Å². The molecule has 0 bridgehead atoms. The van der Waals surface area contributed by atoms with Crippen LogP contribution in [0, 0.1) is 0 Å². The summed E-state index contributed by atoms with van der Waals surface area (Å²) in [5.41, 5.74) is 0.163. The van der Waals surface area contributed by atoms with Crippen molar-refractivity contribution in [1.29, 1.82) is 0 Å². The summed E-state index contributed by atoms with van der Waals surface area (Å²) in [6.45, 7) is 3.38. The van der Waals surface area contributed by atoms with Crippen molar-refractivity contribution in [1.82, 2.24) is 4.90 Å². The first-order valence-electron chi connectivity index (χ1n) is 6.19. The van der Waals surface area contributed by atoms with Crippen molar-refractivity contribution in [3.05, 3.63) is 35.9 Å². The zero-order valence-corrected chi connectivity index (χ0v) is 11.4. The van der Waals surface area contributed by atoms with Crippen LogP contribution in [0.15, 0.2) is 30.3 Å². The molecule has 0 spiro atoms. The summed E-state index contributed by atoms with van der Waals surface area (Å²) in [5.74, 6) is -0.409. The molecule has 0 amide bonds. The third-order valence-corrected chi connectivity index (χ3v) is 3.45. The summed E-state index contributed by atoms with van der Waals surface area (Å²) < 4.78 is 10.8. The van der Waals surface area contributed by atoms with E-state index in [0.717, 1.165) is 5.56 Å². The number of rotatable bonds is 3. The molecular formula is C14H19NO4. The molecule has 1 aromatic rings. The van der Waals surface area contributed by atoms with Crippen LogP contribution in [-0.2, 0) is 14.3 Å². The van der Waals surface area contributed by atoms with Gasteiger partial charge in [-0.05, 0) is 19.4 Å². The van der Waals surface area contributed by atoms with Gasteiger partial charge in [0.15, 0.2) is 0 Å². The summed E-state index contributed by atoms with van der Waals surface area (Å²) in [6.07, 6.45) is -0.448. The van der Waals surface area contributed by atoms with E-state index in [2.05, 4.69) is 0 Å². The molecule has 104 valence electrons. The van der Waals surface area contributed by atoms with Crippen LogP contribution in [0.25, 0.3) is 0 Å². The highest BCUT2D eigenvalue weighted by Gasteiger charge is 2.51. The van der Waals surface area contributed by atoms with E-state index in [1.165, 1.54) is 7.11 Å². The maximum Gasteiger partial charge on any atom is 0.326 e. The second kappa shape index (κ2) is 5.28. The maximum atomic E-state index is 12.0. The van der Waals surface area contributed by atoms with Crippen molar-refractivity contribution in [2.45, 2.75) is 31.7 Å². The third-order valence-electron chi connectivity index (χ3n) is 3.45. The van der Waals surface area contributed by atoms with Crippen molar-refractivity contribution in [3.8, 4) is 0 Å². The molecule has 1 aromatic carbocycles. The highest BCUT2D eigenvalue weighted by molar-refractivity contribution is 5.77. The SMILES string of the molecule is COC(=O)C1C(c2ccccc2)OC(C)(C)N1CO. The first-order valence-corrected chi connectivity index (χ1v) is 6.19. The van der Waals surface area contributed by atoms with Gasteiger partial charge in [-0.3, -0.25) is 4.79 Å². The van der Waals surface area contributed by atoms with Gasteiger partial charge in [-0.25, -0.2) is 4.90 Å². The van der Waals surface area contributed by atoms with Crippen molar-refractivity contribution in [2.75, 3.05) is 13.8 Å². The highest BCUT2D eigenvalue weighted by Crippen LogP contribution is 2.40. The first-order chi connectivity index (χ1) is 9.01. The lowest BCUT2D eigenvalue weighted by Gasteiger charge is -2.29. The maximum absolute atomic E-state index is 12.0. The molecule has 19 heavy (non-hydrogen) atoms. The molecule has 1 N–H and O–H groups in total. The molecule has 1 aliphatic heterocycles. The Morgan fingerprint density at radius 1 is 1.42 bits per heavy atom. The number of ether oxygens (including phenoxy) is 2. The fourth-order valence-corrected chi connectivity index (χ4v) is 2.46. The predicted molar refractivity (Wildman–Crippen MR) is 69.1 cm³/mol. The van der Waals surface area contributed by atoms with Gasteiger partial charge in [-0.15, -0.1) is 0 Å². The molecule has 1 fully saturated rings. The molecule has 0 aromatic heterocycles. The second-order valence-electron chi connectivity index (χ2n) is 4.98. The number of methoxy groups -OCH3 is 1. The normalized spacial score (nSPS) is 26.3. The molecule has 5 nitrogen and oxygen atoms in total. The zero-order chi connectivity index (χ0) is 14.0. The first kappa shape index (κ1) is 14.0. The number of aliphatic hydroxyl groups excluding tert-OH is 1. The van der Waals surface area contributed by atoms with Crippen LogP contribution in [-0.4, -0.2) is 41.6 Å². The minimum atomic E-state index is -0.728. The van der Waals surface area contributed by atoms with E-state index >= 15 is 0 Å². The highest BCUT2D eigenvalue weighted by atomic mass is 16.6. The predicted octanol–water partition coefficient (Wildman–Crippen LogP) is 1.29. The third kappa shape index (κ3) is 2.49. The Balaban J connectivity index is 2.39. The number of carbonyl (C=O) groups is 1. The van der Waals surface area contributed by atoms with E-state index in [1.54, 1.807) is 4.90 Å². The van der Waals surface area contributed by atoms with Gasteiger partial charge in [-0.2, -0.15) is 0 Å². The molecule has 2 atom stereocenters.